The highest BCUT2D eigenvalue weighted by Gasteiger charge is 2.75. The van der Waals surface area contributed by atoms with Crippen LogP contribution in [0.5, 0.6) is 11.5 Å². The first kappa shape index (κ1) is 44.1. The van der Waals surface area contributed by atoms with Gasteiger partial charge in [-0.3, -0.25) is 19.3 Å². The molecular weight excluding hydrogens is 829 g/mol. The van der Waals surface area contributed by atoms with E-state index in [0.29, 0.717) is 39.3 Å². The summed E-state index contributed by atoms with van der Waals surface area (Å²) in [6, 6.07) is 31.7. The number of hydrogen-bond acceptors (Lipinski definition) is 11. The van der Waals surface area contributed by atoms with Gasteiger partial charge in [0.15, 0.2) is 0 Å². The van der Waals surface area contributed by atoms with Crippen LogP contribution in [0.15, 0.2) is 127 Å². The molecule has 14 nitrogen and oxygen atoms in total. The third-order valence-corrected chi connectivity index (χ3v) is 12.3. The third-order valence-electron chi connectivity index (χ3n) is 12.3. The lowest BCUT2D eigenvalue weighted by atomic mass is 9.65. The number of aliphatic hydroxyl groups excluding tert-OH is 1. The molecular formula is C51H48N4O10. The minimum absolute atomic E-state index is 0.0479. The molecule has 2 fully saturated rings. The maximum Gasteiger partial charge on any atom is 0.329 e. The van der Waals surface area contributed by atoms with Gasteiger partial charge in [0.05, 0.1) is 44.5 Å². The van der Waals surface area contributed by atoms with Gasteiger partial charge in [-0.1, -0.05) is 98.5 Å². The molecule has 0 saturated carbocycles. The molecule has 0 aliphatic carbocycles. The number of cyclic esters (lactones) is 1. The highest BCUT2D eigenvalue weighted by molar-refractivity contribution is 6.25. The van der Waals surface area contributed by atoms with Crippen LogP contribution in [0.25, 0.3) is 0 Å². The molecule has 3 heterocycles. The van der Waals surface area contributed by atoms with Gasteiger partial charge in [-0.25, -0.2) is 14.5 Å². The monoisotopic (exact) mass is 876 g/mol. The van der Waals surface area contributed by atoms with Crippen molar-refractivity contribution < 1.29 is 48.0 Å². The molecule has 65 heavy (non-hydrogen) atoms. The summed E-state index contributed by atoms with van der Waals surface area (Å²) in [5.74, 6) is 1.79. The number of primary amides is 1. The number of methoxy groups -OCH3 is 2. The summed E-state index contributed by atoms with van der Waals surface area (Å²) in [6.45, 7) is 3.10. The van der Waals surface area contributed by atoms with Crippen LogP contribution in [0.2, 0.25) is 0 Å². The normalized spacial score (nSPS) is 22.6. The van der Waals surface area contributed by atoms with Crippen LogP contribution in [-0.2, 0) is 34.1 Å². The summed E-state index contributed by atoms with van der Waals surface area (Å²) in [5.41, 5.74) is 7.52. The molecule has 0 radical (unpaired) electrons. The van der Waals surface area contributed by atoms with Gasteiger partial charge in [-0.15, -0.1) is 0 Å². The summed E-state index contributed by atoms with van der Waals surface area (Å²) in [7, 11) is 2.76. The average molecular weight is 877 g/mol. The van der Waals surface area contributed by atoms with Crippen LogP contribution < -0.4 is 25.4 Å². The minimum Gasteiger partial charge on any atom is -0.497 e. The Morgan fingerprint density at radius 1 is 0.800 bits per heavy atom. The lowest BCUT2D eigenvalue weighted by Crippen LogP contribution is -2.57. The number of carbonyl (C=O) groups excluding carboxylic acids is 5. The van der Waals surface area contributed by atoms with Crippen molar-refractivity contribution in [1.82, 2.24) is 10.2 Å². The van der Waals surface area contributed by atoms with E-state index in [4.69, 9.17) is 24.7 Å². The SMILES string of the molecule is COC(=O)C(NC(=O)N1C(=O)C2(c3cc(C#Cc4ccc(OC)cc4)ccc31)C(C(N)=O)C1C(=O)OC(c3ccccc3)C(c3ccccc3)N1C2c1cccc(OCCO)c1)C(C)C. The first-order valence-corrected chi connectivity index (χ1v) is 21.2. The molecule has 5 aromatic carbocycles. The highest BCUT2D eigenvalue weighted by atomic mass is 16.6. The number of esters is 2. The molecule has 1 spiro atoms. The Labute approximate surface area is 376 Å². The molecule has 3 aliphatic heterocycles. The van der Waals surface area contributed by atoms with Crippen LogP contribution in [0.4, 0.5) is 10.5 Å². The molecule has 14 heteroatoms. The Bertz CT molecular complexity index is 2680. The van der Waals surface area contributed by atoms with Crippen LogP contribution in [0.1, 0.15) is 65.4 Å². The van der Waals surface area contributed by atoms with E-state index in [1.807, 2.05) is 65.6 Å². The zero-order valence-electron chi connectivity index (χ0n) is 36.2. The van der Waals surface area contributed by atoms with Crippen LogP contribution >= 0.6 is 0 Å². The van der Waals surface area contributed by atoms with Crippen molar-refractivity contribution >= 4 is 35.5 Å². The number of hydrogen-bond donors (Lipinski definition) is 3. The smallest absolute Gasteiger partial charge is 0.329 e. The zero-order valence-corrected chi connectivity index (χ0v) is 36.2. The standard InChI is InChI=1S/C51H48N4O10/c1-30(2)41(47(58)63-4)53-50(61)54-39-25-22-32(19-18-31-20-23-36(62-3)24-21-31)28-38(39)51(49(54)60)40(46(52)57)43-48(59)65-44(34-14-9-6-10-15-34)42(33-12-7-5-8-13-33)55(43)45(51)35-16-11-17-37(29-35)64-27-26-56/h5-17,20-25,28-30,40-45,56H,26-27H2,1-4H3,(H2,52,57)(H,53,61). The second-order valence-corrected chi connectivity index (χ2v) is 16.4. The minimum atomic E-state index is -2.13. The zero-order chi connectivity index (χ0) is 46.0. The Hall–Kier alpha value is -7.47. The summed E-state index contributed by atoms with van der Waals surface area (Å²) in [5, 5.41) is 12.4. The van der Waals surface area contributed by atoms with Crippen molar-refractivity contribution in [3.05, 3.63) is 161 Å². The number of nitrogens with one attached hydrogen (secondary N) is 1. The third kappa shape index (κ3) is 7.83. The lowest BCUT2D eigenvalue weighted by Gasteiger charge is -2.46. The Morgan fingerprint density at radius 3 is 2.08 bits per heavy atom. The van der Waals surface area contributed by atoms with E-state index in [1.165, 1.54) is 7.11 Å². The number of morpholine rings is 1. The van der Waals surface area contributed by atoms with Gasteiger partial charge >= 0.3 is 18.0 Å². The Kier molecular flexibility index (Phi) is 12.4. The number of ether oxygens (including phenoxy) is 4. The van der Waals surface area contributed by atoms with Crippen LogP contribution in [0, 0.1) is 23.7 Å². The number of amides is 4. The van der Waals surface area contributed by atoms with Gasteiger partial charge in [0.25, 0.3) is 0 Å². The number of rotatable bonds is 11. The number of anilines is 1. The number of imide groups is 1. The molecule has 3 aliphatic rings. The van der Waals surface area contributed by atoms with Crippen molar-refractivity contribution in [3.8, 4) is 23.3 Å². The number of benzene rings is 5. The number of urea groups is 1. The second-order valence-electron chi connectivity index (χ2n) is 16.4. The summed E-state index contributed by atoms with van der Waals surface area (Å²) >= 11 is 0. The van der Waals surface area contributed by atoms with E-state index in [0.717, 1.165) is 4.90 Å². The second kappa shape index (κ2) is 18.3. The maximum atomic E-state index is 16.2. The highest BCUT2D eigenvalue weighted by Crippen LogP contribution is 2.66. The molecule has 8 rings (SSSR count). The molecule has 7 atom stereocenters. The molecule has 0 aromatic heterocycles. The summed E-state index contributed by atoms with van der Waals surface area (Å²) in [4.78, 5) is 76.4. The molecule has 0 bridgehead atoms. The first-order chi connectivity index (χ1) is 31.4. The van der Waals surface area contributed by atoms with Crippen molar-refractivity contribution in [1.29, 1.82) is 0 Å². The van der Waals surface area contributed by atoms with Gasteiger partial charge in [-0.2, -0.15) is 0 Å². The number of aliphatic hydroxyl groups is 1. The quantitative estimate of drug-likeness (QED) is 0.112. The fraction of sp³-hybridized carbons (Fsp3) is 0.275. The average Bonchev–Trinajstić information content (AvgIpc) is 3.78. The molecule has 2 saturated heterocycles. The molecule has 4 N–H and O–H groups in total. The summed E-state index contributed by atoms with van der Waals surface area (Å²) in [6.07, 6.45) is -0.953. The predicted octanol–water partition coefficient (Wildman–Crippen LogP) is 5.52. The largest absolute Gasteiger partial charge is 0.497 e. The molecule has 5 aromatic rings. The maximum absolute atomic E-state index is 16.2. The molecule has 4 amide bonds. The van der Waals surface area contributed by atoms with E-state index in [-0.39, 0.29) is 24.5 Å². The fourth-order valence-electron chi connectivity index (χ4n) is 9.59. The van der Waals surface area contributed by atoms with Gasteiger partial charge in [0.2, 0.25) is 11.8 Å². The van der Waals surface area contributed by atoms with E-state index < -0.39 is 77.3 Å². The van der Waals surface area contributed by atoms with E-state index in [1.54, 1.807) is 87.7 Å². The van der Waals surface area contributed by atoms with E-state index in [9.17, 15) is 24.3 Å². The molecule has 7 unspecified atom stereocenters. The van der Waals surface area contributed by atoms with Crippen LogP contribution in [-0.4, -0.2) is 79.3 Å². The number of carbonyl (C=O) groups is 5. The molecule has 332 valence electrons. The lowest BCUT2D eigenvalue weighted by molar-refractivity contribution is -0.178. The van der Waals surface area contributed by atoms with Crippen LogP contribution in [0.3, 0.4) is 0 Å². The Morgan fingerprint density at radius 2 is 1.45 bits per heavy atom. The number of fused-ring (bicyclic) bond motifs is 3. The topological polar surface area (TPSA) is 187 Å². The number of nitrogens with zero attached hydrogens (tertiary/aromatic N) is 2. The first-order valence-electron chi connectivity index (χ1n) is 21.2. The number of nitrogens with two attached hydrogens (primary N) is 1. The van der Waals surface area contributed by atoms with Crippen molar-refractivity contribution in [3.63, 3.8) is 0 Å². The van der Waals surface area contributed by atoms with Gasteiger partial charge < -0.3 is 35.1 Å². The predicted molar refractivity (Wildman–Crippen MR) is 238 cm³/mol. The van der Waals surface area contributed by atoms with Gasteiger partial charge in [-0.05, 0) is 82.8 Å². The van der Waals surface area contributed by atoms with Crippen molar-refractivity contribution in [2.45, 2.75) is 49.5 Å². The van der Waals surface area contributed by atoms with Gasteiger partial charge in [0, 0.05) is 11.1 Å². The van der Waals surface area contributed by atoms with E-state index in [2.05, 4.69) is 17.2 Å². The van der Waals surface area contributed by atoms with Gasteiger partial charge in [0.1, 0.15) is 41.7 Å². The summed E-state index contributed by atoms with van der Waals surface area (Å²) < 4.78 is 22.7. The van der Waals surface area contributed by atoms with E-state index >= 15 is 4.79 Å². The van der Waals surface area contributed by atoms with Crippen molar-refractivity contribution in [2.75, 3.05) is 32.3 Å². The van der Waals surface area contributed by atoms with Crippen molar-refractivity contribution in [2.24, 2.45) is 17.6 Å². The Balaban J connectivity index is 1.43. The fourth-order valence-corrected chi connectivity index (χ4v) is 9.59.